The molecule has 0 heterocycles. The molecule has 0 radical (unpaired) electrons. The molecule has 2 heteroatoms. The van der Waals surface area contributed by atoms with Gasteiger partial charge in [0.05, 0.1) is 0 Å². The van der Waals surface area contributed by atoms with Gasteiger partial charge in [0.2, 0.25) is 0 Å². The zero-order valence-corrected chi connectivity index (χ0v) is 10.3. The smallest absolute Gasteiger partial charge is 0.0376 e. The molecule has 0 aliphatic rings. The number of rotatable bonds is 2. The summed E-state index contributed by atoms with van der Waals surface area (Å²) in [6.45, 7) is 4.29. The fraction of sp³-hybridized carbons (Fsp3) is 0.200. The lowest BCUT2D eigenvalue weighted by Crippen LogP contribution is -2.22. The number of hydrogen-bond acceptors (Lipinski definition) is 2. The summed E-state index contributed by atoms with van der Waals surface area (Å²) in [6, 6.07) is 16.0. The highest BCUT2D eigenvalue weighted by atomic mass is 14.6. The normalized spacial score (nSPS) is 11.4. The Morgan fingerprint density at radius 3 is 1.82 bits per heavy atom. The third-order valence-corrected chi connectivity index (χ3v) is 3.25. The van der Waals surface area contributed by atoms with Crippen molar-refractivity contribution in [2.24, 2.45) is 0 Å². The van der Waals surface area contributed by atoms with Gasteiger partial charge in [0, 0.05) is 22.4 Å². The van der Waals surface area contributed by atoms with E-state index >= 15 is 0 Å². The van der Waals surface area contributed by atoms with E-state index in [1.165, 1.54) is 5.56 Å². The molecule has 17 heavy (non-hydrogen) atoms. The monoisotopic (exact) mass is 226 g/mol. The first-order valence-electron chi connectivity index (χ1n) is 5.73. The molecule has 4 N–H and O–H groups in total. The molecule has 2 aromatic rings. The fourth-order valence-corrected chi connectivity index (χ4v) is 2.31. The van der Waals surface area contributed by atoms with E-state index < -0.39 is 0 Å². The topological polar surface area (TPSA) is 52.0 Å². The van der Waals surface area contributed by atoms with Crippen LogP contribution >= 0.6 is 0 Å². The first-order chi connectivity index (χ1) is 8.03. The highest BCUT2D eigenvalue weighted by molar-refractivity contribution is 5.66. The average molecular weight is 226 g/mol. The highest BCUT2D eigenvalue weighted by Gasteiger charge is 2.27. The maximum atomic E-state index is 6.06. The molecule has 0 amide bonds. The van der Waals surface area contributed by atoms with Gasteiger partial charge in [-0.15, -0.1) is 0 Å². The first kappa shape index (κ1) is 11.5. The first-order valence-corrected chi connectivity index (χ1v) is 5.73. The number of nitrogens with two attached hydrogens (primary N) is 2. The molecule has 0 saturated heterocycles. The van der Waals surface area contributed by atoms with Crippen LogP contribution in [0.1, 0.15) is 25.0 Å². The van der Waals surface area contributed by atoms with Gasteiger partial charge in [-0.25, -0.2) is 0 Å². The van der Waals surface area contributed by atoms with Crippen LogP contribution in [0.5, 0.6) is 0 Å². The quantitative estimate of drug-likeness (QED) is 0.773. The van der Waals surface area contributed by atoms with Gasteiger partial charge >= 0.3 is 0 Å². The second-order valence-electron chi connectivity index (χ2n) is 4.80. The Balaban J connectivity index is 2.60. The lowest BCUT2D eigenvalue weighted by atomic mass is 9.76. The molecule has 2 aromatic carbocycles. The molecule has 0 atom stereocenters. The molecule has 0 spiro atoms. The van der Waals surface area contributed by atoms with Crippen molar-refractivity contribution in [3.05, 3.63) is 59.7 Å². The van der Waals surface area contributed by atoms with Crippen LogP contribution in [-0.2, 0) is 5.41 Å². The number of benzene rings is 2. The van der Waals surface area contributed by atoms with Crippen molar-refractivity contribution in [2.75, 3.05) is 11.5 Å². The molecule has 88 valence electrons. The molecule has 0 aliphatic heterocycles. The summed E-state index contributed by atoms with van der Waals surface area (Å²) in [5, 5.41) is 0. The van der Waals surface area contributed by atoms with Crippen molar-refractivity contribution in [2.45, 2.75) is 19.3 Å². The van der Waals surface area contributed by atoms with Gasteiger partial charge in [0.1, 0.15) is 0 Å². The zero-order valence-electron chi connectivity index (χ0n) is 10.3. The number of nitrogen functional groups attached to an aromatic ring is 2. The van der Waals surface area contributed by atoms with Crippen molar-refractivity contribution in [3.63, 3.8) is 0 Å². The Labute approximate surface area is 102 Å². The number of anilines is 2. The van der Waals surface area contributed by atoms with E-state index in [0.717, 1.165) is 16.9 Å². The maximum absolute atomic E-state index is 6.06. The maximum Gasteiger partial charge on any atom is 0.0376 e. The molecule has 0 unspecified atom stereocenters. The Bertz CT molecular complexity index is 495. The van der Waals surface area contributed by atoms with E-state index in [4.69, 9.17) is 11.5 Å². The molecule has 2 rings (SSSR count). The third-order valence-electron chi connectivity index (χ3n) is 3.25. The molecule has 0 fully saturated rings. The van der Waals surface area contributed by atoms with Crippen LogP contribution in [0.3, 0.4) is 0 Å². The molecular weight excluding hydrogens is 208 g/mol. The SMILES string of the molecule is CC(C)(c1ccccc1)c1c(N)cccc1N. The zero-order chi connectivity index (χ0) is 12.5. The average Bonchev–Trinajstić information content (AvgIpc) is 2.29. The minimum absolute atomic E-state index is 0.184. The van der Waals surface area contributed by atoms with Crippen molar-refractivity contribution >= 4 is 11.4 Å². The summed E-state index contributed by atoms with van der Waals surface area (Å²) in [5.74, 6) is 0. The molecular formula is C15H18N2. The predicted molar refractivity (Wildman–Crippen MR) is 73.8 cm³/mol. The summed E-state index contributed by atoms with van der Waals surface area (Å²) < 4.78 is 0. The van der Waals surface area contributed by atoms with Gasteiger partial charge in [-0.2, -0.15) is 0 Å². The van der Waals surface area contributed by atoms with E-state index in [0.29, 0.717) is 0 Å². The van der Waals surface area contributed by atoms with Crippen LogP contribution in [-0.4, -0.2) is 0 Å². The van der Waals surface area contributed by atoms with E-state index in [1.807, 2.05) is 36.4 Å². The van der Waals surface area contributed by atoms with Crippen LogP contribution in [0.4, 0.5) is 11.4 Å². The Morgan fingerprint density at radius 2 is 1.29 bits per heavy atom. The van der Waals surface area contributed by atoms with Crippen LogP contribution in [0.15, 0.2) is 48.5 Å². The van der Waals surface area contributed by atoms with Gasteiger partial charge < -0.3 is 11.5 Å². The standard InChI is InChI=1S/C15H18N2/c1-15(2,11-7-4-3-5-8-11)14-12(16)9-6-10-13(14)17/h3-10H,16-17H2,1-2H3. The molecule has 0 bridgehead atoms. The Morgan fingerprint density at radius 1 is 0.765 bits per heavy atom. The van der Waals surface area contributed by atoms with Crippen molar-refractivity contribution in [1.82, 2.24) is 0 Å². The summed E-state index contributed by atoms with van der Waals surface area (Å²) in [7, 11) is 0. The van der Waals surface area contributed by atoms with Crippen LogP contribution in [0.2, 0.25) is 0 Å². The van der Waals surface area contributed by atoms with Gasteiger partial charge in [0.15, 0.2) is 0 Å². The van der Waals surface area contributed by atoms with Crippen LogP contribution in [0, 0.1) is 0 Å². The second kappa shape index (κ2) is 4.13. The molecule has 0 aliphatic carbocycles. The minimum Gasteiger partial charge on any atom is -0.398 e. The van der Waals surface area contributed by atoms with Gasteiger partial charge in [-0.05, 0) is 17.7 Å². The fourth-order valence-electron chi connectivity index (χ4n) is 2.31. The number of hydrogen-bond donors (Lipinski definition) is 2. The molecule has 0 aromatic heterocycles. The van der Waals surface area contributed by atoms with Gasteiger partial charge in [-0.3, -0.25) is 0 Å². The van der Waals surface area contributed by atoms with E-state index in [2.05, 4.69) is 26.0 Å². The van der Waals surface area contributed by atoms with E-state index in [-0.39, 0.29) is 5.41 Å². The van der Waals surface area contributed by atoms with Gasteiger partial charge in [0.25, 0.3) is 0 Å². The Kier molecular flexibility index (Phi) is 2.80. The lowest BCUT2D eigenvalue weighted by Gasteiger charge is -2.28. The van der Waals surface area contributed by atoms with E-state index in [1.54, 1.807) is 0 Å². The molecule has 0 saturated carbocycles. The molecule has 2 nitrogen and oxygen atoms in total. The highest BCUT2D eigenvalue weighted by Crippen LogP contribution is 2.38. The summed E-state index contributed by atoms with van der Waals surface area (Å²) in [5.41, 5.74) is 15.7. The predicted octanol–water partition coefficient (Wildman–Crippen LogP) is 3.18. The van der Waals surface area contributed by atoms with Crippen LogP contribution < -0.4 is 11.5 Å². The Hall–Kier alpha value is -1.96. The third kappa shape index (κ3) is 1.98. The lowest BCUT2D eigenvalue weighted by molar-refractivity contribution is 0.646. The van der Waals surface area contributed by atoms with Crippen molar-refractivity contribution in [3.8, 4) is 0 Å². The summed E-state index contributed by atoms with van der Waals surface area (Å²) in [6.07, 6.45) is 0. The van der Waals surface area contributed by atoms with Crippen molar-refractivity contribution in [1.29, 1.82) is 0 Å². The summed E-state index contributed by atoms with van der Waals surface area (Å²) >= 11 is 0. The largest absolute Gasteiger partial charge is 0.398 e. The van der Waals surface area contributed by atoms with Crippen molar-refractivity contribution < 1.29 is 0 Å². The summed E-state index contributed by atoms with van der Waals surface area (Å²) in [4.78, 5) is 0. The minimum atomic E-state index is -0.184. The second-order valence-corrected chi connectivity index (χ2v) is 4.80. The van der Waals surface area contributed by atoms with Gasteiger partial charge in [-0.1, -0.05) is 50.2 Å². The van der Waals surface area contributed by atoms with Crippen LogP contribution in [0.25, 0.3) is 0 Å². The van der Waals surface area contributed by atoms with E-state index in [9.17, 15) is 0 Å².